The second-order valence-electron chi connectivity index (χ2n) is 4.16. The summed E-state index contributed by atoms with van der Waals surface area (Å²) in [6.45, 7) is 0. The average Bonchev–Trinajstić information content (AvgIpc) is 2.75. The van der Waals surface area contributed by atoms with Gasteiger partial charge in [-0.15, -0.1) is 0 Å². The summed E-state index contributed by atoms with van der Waals surface area (Å²) < 4.78 is 0. The fourth-order valence-corrected chi connectivity index (χ4v) is 2.00. The van der Waals surface area contributed by atoms with Gasteiger partial charge < -0.3 is 9.97 Å². The lowest BCUT2D eigenvalue weighted by atomic mass is 10.2. The normalized spacial score (nSPS) is 10.9. The van der Waals surface area contributed by atoms with Crippen molar-refractivity contribution in [3.05, 3.63) is 68.6 Å². The molecule has 2 aromatic heterocycles. The van der Waals surface area contributed by atoms with Crippen LogP contribution in [-0.4, -0.2) is 15.0 Å². The van der Waals surface area contributed by atoms with Gasteiger partial charge in [-0.05, 0) is 17.5 Å². The smallest absolute Gasteiger partial charge is 0.325 e. The third kappa shape index (κ3) is 1.86. The molecule has 3 N–H and O–H groups in total. The van der Waals surface area contributed by atoms with Crippen molar-refractivity contribution in [3.8, 4) is 0 Å². The summed E-state index contributed by atoms with van der Waals surface area (Å²) >= 11 is 0. The van der Waals surface area contributed by atoms with Gasteiger partial charge in [0.1, 0.15) is 0 Å². The maximum Gasteiger partial charge on any atom is 0.325 e. The molecule has 0 radical (unpaired) electrons. The predicted octanol–water partition coefficient (Wildman–Crippen LogP) is 1.14. The standard InChI is InChI=1S/C13H11N3O2/c17-12-9(7-14-13(18)16-12)6-10-5-8-3-1-2-4-11(8)15-10/h1-5,7,15H,6H2,(H2,14,16,17,18). The molecule has 1 aromatic carbocycles. The molecular formula is C13H11N3O2. The van der Waals surface area contributed by atoms with Crippen LogP contribution in [0.5, 0.6) is 0 Å². The first-order valence-corrected chi connectivity index (χ1v) is 5.60. The highest BCUT2D eigenvalue weighted by Crippen LogP contribution is 2.15. The van der Waals surface area contributed by atoms with Gasteiger partial charge in [0.05, 0.1) is 0 Å². The molecule has 0 aliphatic heterocycles. The van der Waals surface area contributed by atoms with Gasteiger partial charge in [0, 0.05) is 29.4 Å². The lowest BCUT2D eigenvalue weighted by Gasteiger charge is -1.96. The number of aromatic amines is 3. The van der Waals surface area contributed by atoms with Crippen molar-refractivity contribution >= 4 is 10.9 Å². The Balaban J connectivity index is 2.01. The molecule has 0 amide bonds. The van der Waals surface area contributed by atoms with E-state index in [-0.39, 0.29) is 5.56 Å². The molecule has 0 bridgehead atoms. The Morgan fingerprint density at radius 1 is 1.06 bits per heavy atom. The van der Waals surface area contributed by atoms with Crippen LogP contribution in [0.15, 0.2) is 46.1 Å². The van der Waals surface area contributed by atoms with Crippen LogP contribution >= 0.6 is 0 Å². The molecule has 0 atom stereocenters. The van der Waals surface area contributed by atoms with Crippen LogP contribution in [0.1, 0.15) is 11.3 Å². The SMILES string of the molecule is O=c1[nH]cc(Cc2cc3ccccc3[nH]2)c(=O)[nH]1. The maximum atomic E-state index is 11.6. The minimum absolute atomic E-state index is 0.350. The lowest BCUT2D eigenvalue weighted by Crippen LogP contribution is -2.24. The summed E-state index contributed by atoms with van der Waals surface area (Å²) in [5.74, 6) is 0. The number of fused-ring (bicyclic) bond motifs is 1. The monoisotopic (exact) mass is 241 g/mol. The molecule has 0 aliphatic carbocycles. The first-order valence-electron chi connectivity index (χ1n) is 5.60. The number of nitrogens with one attached hydrogen (secondary N) is 3. The van der Waals surface area contributed by atoms with Gasteiger partial charge in [0.15, 0.2) is 0 Å². The minimum atomic E-state index is -0.486. The van der Waals surface area contributed by atoms with Gasteiger partial charge in [0.2, 0.25) is 0 Å². The maximum absolute atomic E-state index is 11.6. The molecule has 0 unspecified atom stereocenters. The molecule has 0 saturated heterocycles. The van der Waals surface area contributed by atoms with Crippen molar-refractivity contribution in [2.24, 2.45) is 0 Å². The van der Waals surface area contributed by atoms with Crippen molar-refractivity contribution in [2.75, 3.05) is 0 Å². The van der Waals surface area contributed by atoms with Crippen LogP contribution in [0, 0.1) is 0 Å². The van der Waals surface area contributed by atoms with Crippen molar-refractivity contribution < 1.29 is 0 Å². The Kier molecular flexibility index (Phi) is 2.37. The van der Waals surface area contributed by atoms with Gasteiger partial charge in [0.25, 0.3) is 5.56 Å². The molecule has 90 valence electrons. The van der Waals surface area contributed by atoms with Crippen LogP contribution in [0.25, 0.3) is 10.9 Å². The van der Waals surface area contributed by atoms with Crippen LogP contribution in [0.4, 0.5) is 0 Å². The number of H-pyrrole nitrogens is 3. The van der Waals surface area contributed by atoms with E-state index in [0.717, 1.165) is 16.6 Å². The number of aromatic nitrogens is 3. The third-order valence-corrected chi connectivity index (χ3v) is 2.86. The van der Waals surface area contributed by atoms with Gasteiger partial charge in [-0.3, -0.25) is 9.78 Å². The van der Waals surface area contributed by atoms with Gasteiger partial charge in [-0.25, -0.2) is 4.79 Å². The fourth-order valence-electron chi connectivity index (χ4n) is 2.00. The topological polar surface area (TPSA) is 81.5 Å². The number of hydrogen-bond acceptors (Lipinski definition) is 2. The van der Waals surface area contributed by atoms with E-state index in [1.165, 1.54) is 6.20 Å². The van der Waals surface area contributed by atoms with E-state index in [9.17, 15) is 9.59 Å². The van der Waals surface area contributed by atoms with Crippen LogP contribution in [-0.2, 0) is 6.42 Å². The third-order valence-electron chi connectivity index (χ3n) is 2.86. The van der Waals surface area contributed by atoms with Crippen molar-refractivity contribution in [3.63, 3.8) is 0 Å². The largest absolute Gasteiger partial charge is 0.358 e. The number of benzene rings is 1. The van der Waals surface area contributed by atoms with E-state index >= 15 is 0 Å². The molecule has 18 heavy (non-hydrogen) atoms. The Morgan fingerprint density at radius 2 is 1.89 bits per heavy atom. The molecule has 5 heteroatoms. The Bertz CT molecular complexity index is 777. The molecule has 3 rings (SSSR count). The summed E-state index contributed by atoms with van der Waals surface area (Å²) in [7, 11) is 0. The summed E-state index contributed by atoms with van der Waals surface area (Å²) in [5, 5.41) is 1.10. The summed E-state index contributed by atoms with van der Waals surface area (Å²) in [6, 6.07) is 9.91. The van der Waals surface area contributed by atoms with E-state index in [1.54, 1.807) is 0 Å². The molecule has 0 saturated carbocycles. The second kappa shape index (κ2) is 4.03. The molecule has 0 fully saturated rings. The second-order valence-corrected chi connectivity index (χ2v) is 4.16. The van der Waals surface area contributed by atoms with Gasteiger partial charge in [-0.2, -0.15) is 0 Å². The molecule has 2 heterocycles. The summed E-state index contributed by atoms with van der Waals surface area (Å²) in [5.41, 5.74) is 1.67. The fraction of sp³-hybridized carbons (Fsp3) is 0.0769. The van der Waals surface area contributed by atoms with E-state index < -0.39 is 5.69 Å². The highest BCUT2D eigenvalue weighted by molar-refractivity contribution is 5.80. The van der Waals surface area contributed by atoms with Crippen molar-refractivity contribution in [1.29, 1.82) is 0 Å². The van der Waals surface area contributed by atoms with E-state index in [2.05, 4.69) is 15.0 Å². The van der Waals surface area contributed by atoms with Crippen LogP contribution in [0.2, 0.25) is 0 Å². The highest BCUT2D eigenvalue weighted by Gasteiger charge is 2.05. The number of para-hydroxylation sites is 1. The first-order chi connectivity index (χ1) is 8.72. The van der Waals surface area contributed by atoms with Crippen molar-refractivity contribution in [2.45, 2.75) is 6.42 Å². The zero-order valence-electron chi connectivity index (χ0n) is 9.49. The zero-order chi connectivity index (χ0) is 12.5. The molecular weight excluding hydrogens is 230 g/mol. The molecule has 0 aliphatic rings. The van der Waals surface area contributed by atoms with E-state index in [4.69, 9.17) is 0 Å². The Labute approximate surface area is 102 Å². The van der Waals surface area contributed by atoms with Crippen molar-refractivity contribution in [1.82, 2.24) is 15.0 Å². The predicted molar refractivity (Wildman–Crippen MR) is 68.8 cm³/mol. The first kappa shape index (κ1) is 10.6. The molecule has 5 nitrogen and oxygen atoms in total. The Morgan fingerprint density at radius 3 is 2.67 bits per heavy atom. The van der Waals surface area contributed by atoms with E-state index in [0.29, 0.717) is 12.0 Å². The number of hydrogen-bond donors (Lipinski definition) is 3. The summed E-state index contributed by atoms with van der Waals surface area (Å²) in [6.07, 6.45) is 1.91. The van der Waals surface area contributed by atoms with E-state index in [1.807, 2.05) is 30.3 Å². The molecule has 3 aromatic rings. The Hall–Kier alpha value is -2.56. The number of rotatable bonds is 2. The molecule has 0 spiro atoms. The highest BCUT2D eigenvalue weighted by atomic mass is 16.2. The van der Waals surface area contributed by atoms with Gasteiger partial charge >= 0.3 is 5.69 Å². The minimum Gasteiger partial charge on any atom is -0.358 e. The van der Waals surface area contributed by atoms with Gasteiger partial charge in [-0.1, -0.05) is 18.2 Å². The quantitative estimate of drug-likeness (QED) is 0.628. The lowest BCUT2D eigenvalue weighted by molar-refractivity contribution is 0.964. The van der Waals surface area contributed by atoms with Crippen LogP contribution < -0.4 is 11.2 Å². The average molecular weight is 241 g/mol. The summed E-state index contributed by atoms with van der Waals surface area (Å²) in [4.78, 5) is 30.4. The zero-order valence-corrected chi connectivity index (χ0v) is 9.49. The van der Waals surface area contributed by atoms with Crippen LogP contribution in [0.3, 0.4) is 0 Å².